The number of benzene rings is 1. The average molecular weight is 237 g/mol. The zero-order valence-corrected chi connectivity index (χ0v) is 9.51. The molecule has 0 heterocycles. The number of hydrogen-bond acceptors (Lipinski definition) is 3. The molecule has 0 saturated carbocycles. The Balaban J connectivity index is 2.61. The standard InChI is InChI=1S/C12H16N2O3/c1-8(12(16)17)14-11(15)10(13)7-9-5-3-2-4-6-9/h2-6,8,10H,7,13H2,1H3,(H,14,15)(H,16,17)/t8-,10-/m0/s1/i/hD. The first-order chi connectivity index (χ1) is 8.54. The quantitative estimate of drug-likeness (QED) is 0.656. The monoisotopic (exact) mass is 237 g/mol. The van der Waals surface area contributed by atoms with Crippen LogP contribution in [0.5, 0.6) is 0 Å². The lowest BCUT2D eigenvalue weighted by Gasteiger charge is -2.14. The van der Waals surface area contributed by atoms with Gasteiger partial charge in [0.1, 0.15) is 7.45 Å². The average Bonchev–Trinajstić information content (AvgIpc) is 2.36. The third-order valence-corrected chi connectivity index (χ3v) is 2.33. The van der Waals surface area contributed by atoms with Crippen LogP contribution in [0.1, 0.15) is 12.5 Å². The van der Waals surface area contributed by atoms with Gasteiger partial charge in [0.2, 0.25) is 5.91 Å². The van der Waals surface area contributed by atoms with E-state index in [2.05, 4.69) is 11.0 Å². The van der Waals surface area contributed by atoms with Crippen molar-refractivity contribution in [1.29, 1.82) is 0 Å². The lowest BCUT2D eigenvalue weighted by molar-refractivity contribution is -0.141. The van der Waals surface area contributed by atoms with Gasteiger partial charge in [-0.1, -0.05) is 30.3 Å². The number of carbonyl (C=O) groups is 2. The molecule has 1 aromatic rings. The highest BCUT2D eigenvalue weighted by molar-refractivity contribution is 5.86. The Morgan fingerprint density at radius 1 is 1.47 bits per heavy atom. The van der Waals surface area contributed by atoms with Crippen LogP contribution in [0.4, 0.5) is 0 Å². The summed E-state index contributed by atoms with van der Waals surface area (Å²) in [6.07, 6.45) is 0.336. The fourth-order valence-electron chi connectivity index (χ4n) is 1.32. The third-order valence-electron chi connectivity index (χ3n) is 2.33. The van der Waals surface area contributed by atoms with Gasteiger partial charge in [-0.25, -0.2) is 0 Å². The molecule has 1 rings (SSSR count). The second kappa shape index (κ2) is 6.00. The number of nitrogens with two attached hydrogens (primary N) is 1. The summed E-state index contributed by atoms with van der Waals surface area (Å²) in [6.45, 7) is 1.38. The second-order valence-corrected chi connectivity index (χ2v) is 3.81. The number of aliphatic carboxylic acids is 1. The van der Waals surface area contributed by atoms with Crippen LogP contribution in [0.15, 0.2) is 30.3 Å². The van der Waals surface area contributed by atoms with Gasteiger partial charge in [-0.3, -0.25) is 9.59 Å². The van der Waals surface area contributed by atoms with E-state index in [1.807, 2.05) is 30.3 Å². The summed E-state index contributed by atoms with van der Waals surface area (Å²) in [6, 6.07) is 7.50. The molecule has 0 saturated heterocycles. The Morgan fingerprint density at radius 2 is 2.12 bits per heavy atom. The van der Waals surface area contributed by atoms with E-state index in [9.17, 15) is 9.59 Å². The molecular formula is C12H16N2O3. The highest BCUT2D eigenvalue weighted by Gasteiger charge is 2.19. The van der Waals surface area contributed by atoms with E-state index in [0.29, 0.717) is 6.42 Å². The van der Waals surface area contributed by atoms with Crippen molar-refractivity contribution in [3.63, 3.8) is 0 Å². The largest absolute Gasteiger partial charge is 0.480 e. The van der Waals surface area contributed by atoms with Crippen LogP contribution < -0.4 is 11.0 Å². The zero-order chi connectivity index (χ0) is 13.5. The van der Waals surface area contributed by atoms with Crippen LogP contribution >= 0.6 is 0 Å². The van der Waals surface area contributed by atoms with Crippen molar-refractivity contribution in [2.45, 2.75) is 25.4 Å². The fraction of sp³-hybridized carbons (Fsp3) is 0.333. The zero-order valence-electron chi connectivity index (χ0n) is 10.5. The van der Waals surface area contributed by atoms with Crippen LogP contribution in [0.3, 0.4) is 0 Å². The van der Waals surface area contributed by atoms with Crippen molar-refractivity contribution in [2.75, 3.05) is 0 Å². The van der Waals surface area contributed by atoms with E-state index in [-0.39, 0.29) is 0 Å². The summed E-state index contributed by atoms with van der Waals surface area (Å²) >= 11 is 0. The van der Waals surface area contributed by atoms with Gasteiger partial charge >= 0.3 is 5.97 Å². The molecule has 1 amide bonds. The maximum absolute atomic E-state index is 11.7. The molecule has 0 radical (unpaired) electrons. The molecule has 92 valence electrons. The van der Waals surface area contributed by atoms with Crippen molar-refractivity contribution in [3.05, 3.63) is 35.9 Å². The van der Waals surface area contributed by atoms with Gasteiger partial charge in [0.05, 0.1) is 6.04 Å². The second-order valence-electron chi connectivity index (χ2n) is 3.81. The van der Waals surface area contributed by atoms with Gasteiger partial charge in [-0.15, -0.1) is 0 Å². The smallest absolute Gasteiger partial charge is 0.325 e. The van der Waals surface area contributed by atoms with Crippen LogP contribution in [0.25, 0.3) is 0 Å². The van der Waals surface area contributed by atoms with E-state index in [1.165, 1.54) is 6.92 Å². The maximum atomic E-state index is 11.7. The number of amides is 1. The van der Waals surface area contributed by atoms with Gasteiger partial charge in [0.25, 0.3) is 0 Å². The minimum atomic E-state index is -1.10. The van der Waals surface area contributed by atoms with Crippen molar-refractivity contribution in [3.8, 4) is 0 Å². The first kappa shape index (κ1) is 11.6. The van der Waals surface area contributed by atoms with Crippen LogP contribution in [0, 0.1) is 0 Å². The summed E-state index contributed by atoms with van der Waals surface area (Å²) in [4.78, 5) is 22.4. The first-order valence-electron chi connectivity index (χ1n) is 5.79. The molecule has 5 nitrogen and oxygen atoms in total. The predicted molar refractivity (Wildman–Crippen MR) is 63.4 cm³/mol. The van der Waals surface area contributed by atoms with Crippen molar-refractivity contribution < 1.29 is 16.1 Å². The van der Waals surface area contributed by atoms with Gasteiger partial charge in [0, 0.05) is 0 Å². The van der Waals surface area contributed by atoms with Gasteiger partial charge in [-0.2, -0.15) is 0 Å². The molecule has 17 heavy (non-hydrogen) atoms. The minimum Gasteiger partial charge on any atom is -0.480 e. The molecule has 0 aliphatic carbocycles. The Hall–Kier alpha value is -1.88. The van der Waals surface area contributed by atoms with E-state index < -0.39 is 24.0 Å². The summed E-state index contributed by atoms with van der Waals surface area (Å²) in [5.74, 6) is -1.60. The first-order valence-corrected chi connectivity index (χ1v) is 5.29. The van der Waals surface area contributed by atoms with Crippen molar-refractivity contribution in [2.24, 2.45) is 5.73 Å². The molecule has 1 aromatic carbocycles. The molecule has 5 heteroatoms. The lowest BCUT2D eigenvalue weighted by atomic mass is 10.1. The van der Waals surface area contributed by atoms with Gasteiger partial charge < -0.3 is 16.2 Å². The van der Waals surface area contributed by atoms with E-state index in [4.69, 9.17) is 6.52 Å². The molecule has 0 aliphatic rings. The number of carboxylic acid groups (broad SMARTS) is 1. The minimum absolute atomic E-state index is 0.336. The Labute approximate surface area is 101 Å². The molecule has 0 fully saturated rings. The number of rotatable bonds is 6. The Bertz CT molecular complexity index is 411. The van der Waals surface area contributed by atoms with E-state index in [1.54, 1.807) is 0 Å². The molecule has 0 aliphatic heterocycles. The van der Waals surface area contributed by atoms with E-state index >= 15 is 0 Å². The summed E-state index contributed by atoms with van der Waals surface area (Å²) < 4.78 is 7.13. The van der Waals surface area contributed by atoms with Crippen LogP contribution in [-0.4, -0.2) is 29.1 Å². The molecule has 4 N–H and O–H groups in total. The highest BCUT2D eigenvalue weighted by Crippen LogP contribution is 2.02. The summed E-state index contributed by atoms with van der Waals surface area (Å²) in [7, 11) is 0. The Kier molecular flexibility index (Phi) is 4.10. The Morgan fingerprint density at radius 3 is 2.65 bits per heavy atom. The fourth-order valence-corrected chi connectivity index (χ4v) is 1.32. The van der Waals surface area contributed by atoms with E-state index in [0.717, 1.165) is 5.56 Å². The maximum Gasteiger partial charge on any atom is 0.325 e. The third kappa shape index (κ3) is 4.24. The number of carbonyl (C=O) groups excluding carboxylic acids is 1. The molecule has 0 spiro atoms. The molecule has 0 aromatic heterocycles. The van der Waals surface area contributed by atoms with Crippen molar-refractivity contribution in [1.82, 2.24) is 5.32 Å². The molecule has 0 unspecified atom stereocenters. The molecule has 2 atom stereocenters. The topological polar surface area (TPSA) is 92.4 Å². The predicted octanol–water partition coefficient (Wildman–Crippen LogP) is 0.146. The van der Waals surface area contributed by atoms with Crippen LogP contribution in [0.2, 0.25) is 1.41 Å². The molecular weight excluding hydrogens is 220 g/mol. The number of carboxylic acids is 1. The van der Waals surface area contributed by atoms with Crippen molar-refractivity contribution >= 4 is 11.9 Å². The number of hydrogen-bond donors (Lipinski definition) is 3. The van der Waals surface area contributed by atoms with Gasteiger partial charge in [-0.05, 0) is 18.9 Å². The highest BCUT2D eigenvalue weighted by atomic mass is 16.4. The van der Waals surface area contributed by atoms with Gasteiger partial charge in [0.15, 0.2) is 0 Å². The number of nitrogens with one attached hydrogen (secondary N) is 1. The summed E-state index contributed by atoms with van der Waals surface area (Å²) in [5.41, 5.74) is 3.04. The lowest BCUT2D eigenvalue weighted by Crippen LogP contribution is -2.47. The summed E-state index contributed by atoms with van der Waals surface area (Å²) in [5, 5.41) is 11.0. The molecule has 0 bridgehead atoms. The normalized spacial score (nSPS) is 14.5. The van der Waals surface area contributed by atoms with Crippen LogP contribution in [-0.2, 0) is 16.0 Å². The SMILES string of the molecule is [2H]N[C@@H](Cc1ccccc1)C(=O)N[C@@H](C)C(=O)O.